The van der Waals surface area contributed by atoms with Gasteiger partial charge in [0.1, 0.15) is 0 Å². The van der Waals surface area contributed by atoms with E-state index in [0.717, 1.165) is 0 Å². The summed E-state index contributed by atoms with van der Waals surface area (Å²) in [6.45, 7) is 10.3. The van der Waals surface area contributed by atoms with Crippen molar-refractivity contribution in [2.45, 2.75) is 34.6 Å². The van der Waals surface area contributed by atoms with E-state index in [9.17, 15) is 0 Å². The zero-order valence-corrected chi connectivity index (χ0v) is 8.10. The van der Waals surface area contributed by atoms with Crippen molar-refractivity contribution in [3.8, 4) is 6.07 Å². The van der Waals surface area contributed by atoms with Crippen molar-refractivity contribution in [1.82, 2.24) is 0 Å². The Morgan fingerprint density at radius 2 is 1.82 bits per heavy atom. The quantitative estimate of drug-likeness (QED) is 0.528. The Morgan fingerprint density at radius 1 is 1.36 bits per heavy atom. The molecule has 0 fully saturated rings. The van der Waals surface area contributed by atoms with Crippen LogP contribution < -0.4 is 0 Å². The lowest BCUT2D eigenvalue weighted by atomic mass is 9.81. The highest BCUT2D eigenvalue weighted by atomic mass is 14.3. The van der Waals surface area contributed by atoms with E-state index >= 15 is 0 Å². The zero-order valence-electron chi connectivity index (χ0n) is 8.10. The van der Waals surface area contributed by atoms with E-state index in [1.807, 2.05) is 19.9 Å². The highest BCUT2D eigenvalue weighted by Gasteiger charge is 2.21. The molecule has 0 aromatic heterocycles. The van der Waals surface area contributed by atoms with Gasteiger partial charge < -0.3 is 0 Å². The summed E-state index contributed by atoms with van der Waals surface area (Å²) in [5.41, 5.74) is 1.28. The summed E-state index contributed by atoms with van der Waals surface area (Å²) in [4.78, 5) is 0. The third kappa shape index (κ3) is 3.83. The maximum atomic E-state index is 8.82. The van der Waals surface area contributed by atoms with Gasteiger partial charge in [0.25, 0.3) is 0 Å². The Labute approximate surface area is 69.7 Å². The van der Waals surface area contributed by atoms with Gasteiger partial charge in [0.15, 0.2) is 0 Å². The van der Waals surface area contributed by atoms with Gasteiger partial charge >= 0.3 is 0 Å². The Hall–Kier alpha value is -0.770. The minimum absolute atomic E-state index is 0.0347. The van der Waals surface area contributed by atoms with Crippen molar-refractivity contribution in [3.05, 3.63) is 11.6 Å². The van der Waals surface area contributed by atoms with E-state index in [1.165, 1.54) is 5.57 Å². The molecule has 1 nitrogen and oxygen atoms in total. The van der Waals surface area contributed by atoms with E-state index in [0.29, 0.717) is 0 Å². The first kappa shape index (κ1) is 10.2. The molecule has 0 N–H and O–H groups in total. The summed E-state index contributed by atoms with van der Waals surface area (Å²) < 4.78 is 0. The van der Waals surface area contributed by atoms with E-state index in [4.69, 9.17) is 5.26 Å². The van der Waals surface area contributed by atoms with Crippen LogP contribution in [0.2, 0.25) is 0 Å². The van der Waals surface area contributed by atoms with E-state index in [-0.39, 0.29) is 11.3 Å². The van der Waals surface area contributed by atoms with Gasteiger partial charge in [-0.25, -0.2) is 0 Å². The predicted molar refractivity (Wildman–Crippen MR) is 48.0 cm³/mol. The fraction of sp³-hybridized carbons (Fsp3) is 0.700. The van der Waals surface area contributed by atoms with E-state index in [1.54, 1.807) is 0 Å². The normalized spacial score (nSPS) is 13.5. The number of hydrogen-bond donors (Lipinski definition) is 0. The van der Waals surface area contributed by atoms with Crippen molar-refractivity contribution in [3.63, 3.8) is 0 Å². The molecule has 1 unspecified atom stereocenters. The van der Waals surface area contributed by atoms with Crippen LogP contribution in [0.1, 0.15) is 34.6 Å². The van der Waals surface area contributed by atoms with Crippen molar-refractivity contribution in [1.29, 1.82) is 5.26 Å². The van der Waals surface area contributed by atoms with Gasteiger partial charge in [-0.15, -0.1) is 0 Å². The lowest BCUT2D eigenvalue weighted by Crippen LogP contribution is -2.16. The molecule has 0 aromatic carbocycles. The second-order valence-electron chi connectivity index (χ2n) is 4.22. The van der Waals surface area contributed by atoms with Gasteiger partial charge in [-0.2, -0.15) is 5.26 Å². The van der Waals surface area contributed by atoms with Gasteiger partial charge in [0.2, 0.25) is 0 Å². The maximum absolute atomic E-state index is 8.82. The summed E-state index contributed by atoms with van der Waals surface area (Å²) in [5, 5.41) is 8.82. The number of nitrogens with zero attached hydrogens (tertiary/aromatic N) is 1. The molecule has 0 saturated heterocycles. The lowest BCUT2D eigenvalue weighted by molar-refractivity contribution is 0.349. The molecule has 0 aliphatic rings. The average molecular weight is 151 g/mol. The molecule has 0 aliphatic heterocycles. The fourth-order valence-electron chi connectivity index (χ4n) is 0.814. The van der Waals surface area contributed by atoms with Crippen molar-refractivity contribution < 1.29 is 0 Å². The number of allylic oxidation sites excluding steroid dienone is 2. The van der Waals surface area contributed by atoms with Crippen LogP contribution in [-0.4, -0.2) is 0 Å². The number of hydrogen-bond acceptors (Lipinski definition) is 1. The first-order valence-corrected chi connectivity index (χ1v) is 3.92. The molecule has 0 heterocycles. The Kier molecular flexibility index (Phi) is 3.32. The Balaban J connectivity index is 4.47. The summed E-state index contributed by atoms with van der Waals surface area (Å²) in [5.74, 6) is 0.0347. The summed E-state index contributed by atoms with van der Waals surface area (Å²) in [6, 6.07) is 2.30. The largest absolute Gasteiger partial charge is 0.198 e. The third-order valence-corrected chi connectivity index (χ3v) is 1.57. The molecular weight excluding hydrogens is 134 g/mol. The third-order valence-electron chi connectivity index (χ3n) is 1.57. The average Bonchev–Trinajstić information content (AvgIpc) is 1.79. The van der Waals surface area contributed by atoms with E-state index in [2.05, 4.69) is 26.8 Å². The summed E-state index contributed by atoms with van der Waals surface area (Å²) in [7, 11) is 0. The SMILES string of the molecule is CC(C)=CC(C#N)C(C)(C)C. The smallest absolute Gasteiger partial charge is 0.0703 e. The second kappa shape index (κ2) is 3.57. The molecule has 1 heteroatoms. The lowest BCUT2D eigenvalue weighted by Gasteiger charge is -2.22. The maximum Gasteiger partial charge on any atom is 0.0703 e. The van der Waals surface area contributed by atoms with Crippen LogP contribution in [0.15, 0.2) is 11.6 Å². The van der Waals surface area contributed by atoms with Crippen LogP contribution in [0.4, 0.5) is 0 Å². The molecule has 0 bridgehead atoms. The van der Waals surface area contributed by atoms with Crippen LogP contribution in [0.5, 0.6) is 0 Å². The molecule has 0 spiro atoms. The topological polar surface area (TPSA) is 23.8 Å². The molecule has 0 aromatic rings. The monoisotopic (exact) mass is 151 g/mol. The molecule has 1 atom stereocenters. The first-order valence-electron chi connectivity index (χ1n) is 3.92. The molecule has 62 valence electrons. The zero-order chi connectivity index (χ0) is 9.07. The Bertz CT molecular complexity index is 184. The van der Waals surface area contributed by atoms with Crippen LogP contribution in [-0.2, 0) is 0 Å². The molecule has 11 heavy (non-hydrogen) atoms. The highest BCUT2D eigenvalue weighted by Crippen LogP contribution is 2.26. The molecule has 0 saturated carbocycles. The van der Waals surface area contributed by atoms with Crippen LogP contribution in [0.25, 0.3) is 0 Å². The van der Waals surface area contributed by atoms with Crippen molar-refractivity contribution >= 4 is 0 Å². The highest BCUT2D eigenvalue weighted by molar-refractivity contribution is 5.09. The van der Waals surface area contributed by atoms with Crippen LogP contribution in [0, 0.1) is 22.7 Å². The standard InChI is InChI=1S/C10H17N/c1-8(2)6-9(7-11)10(3,4)5/h6,9H,1-5H3. The fourth-order valence-corrected chi connectivity index (χ4v) is 0.814. The Morgan fingerprint density at radius 3 is 1.91 bits per heavy atom. The van der Waals surface area contributed by atoms with Crippen LogP contribution >= 0.6 is 0 Å². The molecule has 0 rings (SSSR count). The first-order chi connectivity index (χ1) is 4.88. The molecule has 0 amide bonds. The minimum atomic E-state index is 0.0347. The van der Waals surface area contributed by atoms with Gasteiger partial charge in [-0.3, -0.25) is 0 Å². The van der Waals surface area contributed by atoms with Gasteiger partial charge in [-0.1, -0.05) is 32.4 Å². The number of nitriles is 1. The second-order valence-corrected chi connectivity index (χ2v) is 4.22. The van der Waals surface area contributed by atoms with Gasteiger partial charge in [0.05, 0.1) is 12.0 Å². The van der Waals surface area contributed by atoms with Crippen molar-refractivity contribution in [2.24, 2.45) is 11.3 Å². The van der Waals surface area contributed by atoms with Gasteiger partial charge in [-0.05, 0) is 19.3 Å². The van der Waals surface area contributed by atoms with Crippen molar-refractivity contribution in [2.75, 3.05) is 0 Å². The molecule has 0 radical (unpaired) electrons. The minimum Gasteiger partial charge on any atom is -0.198 e. The van der Waals surface area contributed by atoms with Crippen LogP contribution in [0.3, 0.4) is 0 Å². The summed E-state index contributed by atoms with van der Waals surface area (Å²) in [6.07, 6.45) is 2.03. The summed E-state index contributed by atoms with van der Waals surface area (Å²) >= 11 is 0. The number of rotatable bonds is 1. The molecule has 0 aliphatic carbocycles. The molecular formula is C10H17N. The van der Waals surface area contributed by atoms with E-state index < -0.39 is 0 Å². The predicted octanol–water partition coefficient (Wildman–Crippen LogP) is 3.14. The van der Waals surface area contributed by atoms with Gasteiger partial charge in [0, 0.05) is 0 Å².